The third-order valence-electron chi connectivity index (χ3n) is 5.26. The van der Waals surface area contributed by atoms with E-state index in [1.54, 1.807) is 60.9 Å². The molecule has 2 aromatic carbocycles. The fraction of sp³-hybridized carbons (Fsp3) is 0.160. The number of ether oxygens (including phenoxy) is 1. The maximum Gasteiger partial charge on any atom is 0.261 e. The van der Waals surface area contributed by atoms with Crippen molar-refractivity contribution in [3.8, 4) is 11.8 Å². The lowest BCUT2D eigenvalue weighted by Gasteiger charge is -2.27. The summed E-state index contributed by atoms with van der Waals surface area (Å²) in [6.45, 7) is -0.172. The molecule has 0 bridgehead atoms. The summed E-state index contributed by atoms with van der Waals surface area (Å²) in [4.78, 5) is 45.7. The second kappa shape index (κ2) is 9.75. The zero-order chi connectivity index (χ0) is 23.2. The van der Waals surface area contributed by atoms with E-state index < -0.39 is 23.8 Å². The van der Waals surface area contributed by atoms with Crippen LogP contribution in [0.5, 0.6) is 5.75 Å². The first-order valence-electron chi connectivity index (χ1n) is 10.3. The smallest absolute Gasteiger partial charge is 0.261 e. The van der Waals surface area contributed by atoms with E-state index in [1.807, 2.05) is 12.1 Å². The van der Waals surface area contributed by atoms with Crippen LogP contribution in [0.2, 0.25) is 0 Å². The molecule has 0 aliphatic carbocycles. The number of nitriles is 1. The molecule has 1 fully saturated rings. The Bertz CT molecular complexity index is 1190. The minimum absolute atomic E-state index is 0.107. The molecule has 1 unspecified atom stereocenters. The number of para-hydroxylation sites is 1. The normalized spacial score (nSPS) is 15.2. The van der Waals surface area contributed by atoms with Crippen LogP contribution in [0, 0.1) is 11.3 Å². The number of amides is 3. The monoisotopic (exact) mass is 440 g/mol. The van der Waals surface area contributed by atoms with E-state index in [2.05, 4.69) is 4.98 Å². The van der Waals surface area contributed by atoms with Crippen molar-refractivity contribution < 1.29 is 19.1 Å². The highest BCUT2D eigenvalue weighted by Gasteiger charge is 2.44. The zero-order valence-electron chi connectivity index (χ0n) is 17.6. The molecule has 33 heavy (non-hydrogen) atoms. The first-order chi connectivity index (χ1) is 16.1. The average Bonchev–Trinajstić information content (AvgIpc) is 3.15. The van der Waals surface area contributed by atoms with Crippen molar-refractivity contribution in [1.82, 2.24) is 9.88 Å². The van der Waals surface area contributed by atoms with Crippen LogP contribution in [-0.2, 0) is 20.9 Å². The van der Waals surface area contributed by atoms with Gasteiger partial charge in [-0.1, -0.05) is 24.3 Å². The molecule has 1 aliphatic rings. The molecule has 1 atom stereocenters. The van der Waals surface area contributed by atoms with Gasteiger partial charge >= 0.3 is 0 Å². The topological polar surface area (TPSA) is 104 Å². The number of carbonyl (C=O) groups excluding carboxylic acids is 3. The lowest BCUT2D eigenvalue weighted by Crippen LogP contribution is -2.46. The lowest BCUT2D eigenvalue weighted by atomic mass is 10.1. The number of nitrogens with zero attached hydrogens (tertiary/aromatic N) is 4. The maximum absolute atomic E-state index is 13.3. The number of pyridine rings is 1. The molecule has 1 saturated heterocycles. The quantitative estimate of drug-likeness (QED) is 0.523. The predicted molar refractivity (Wildman–Crippen MR) is 119 cm³/mol. The molecule has 3 aromatic rings. The third kappa shape index (κ3) is 4.88. The Morgan fingerprint density at radius 3 is 2.52 bits per heavy atom. The highest BCUT2D eigenvalue weighted by molar-refractivity contribution is 6.23. The Balaban J connectivity index is 1.57. The molecule has 4 rings (SSSR count). The van der Waals surface area contributed by atoms with Crippen LogP contribution in [0.15, 0.2) is 79.1 Å². The number of benzene rings is 2. The Morgan fingerprint density at radius 2 is 1.85 bits per heavy atom. The minimum atomic E-state index is -0.972. The van der Waals surface area contributed by atoms with Gasteiger partial charge in [0.05, 0.1) is 23.7 Å². The van der Waals surface area contributed by atoms with Crippen LogP contribution >= 0.6 is 0 Å². The molecule has 1 aliphatic heterocycles. The van der Waals surface area contributed by atoms with E-state index in [0.717, 1.165) is 10.5 Å². The molecule has 0 radical (unpaired) electrons. The summed E-state index contributed by atoms with van der Waals surface area (Å²) in [6, 6.07) is 19.6. The van der Waals surface area contributed by atoms with E-state index in [0.29, 0.717) is 17.0 Å². The van der Waals surface area contributed by atoms with Gasteiger partial charge in [-0.15, -0.1) is 0 Å². The Kier molecular flexibility index (Phi) is 6.41. The number of rotatable bonds is 7. The Morgan fingerprint density at radius 1 is 1.09 bits per heavy atom. The molecule has 8 nitrogen and oxygen atoms in total. The van der Waals surface area contributed by atoms with Gasteiger partial charge < -0.3 is 9.64 Å². The summed E-state index contributed by atoms with van der Waals surface area (Å²) in [7, 11) is 0. The predicted octanol–water partition coefficient (Wildman–Crippen LogP) is 2.69. The summed E-state index contributed by atoms with van der Waals surface area (Å²) in [5.41, 5.74) is 1.50. The van der Waals surface area contributed by atoms with Gasteiger partial charge in [0.1, 0.15) is 11.8 Å². The van der Waals surface area contributed by atoms with Crippen LogP contribution in [-0.4, -0.2) is 40.3 Å². The molecule has 2 heterocycles. The van der Waals surface area contributed by atoms with Gasteiger partial charge in [-0.25, -0.2) is 4.90 Å². The summed E-state index contributed by atoms with van der Waals surface area (Å²) in [6.07, 6.45) is 3.08. The average molecular weight is 440 g/mol. The highest BCUT2D eigenvalue weighted by atomic mass is 16.5. The van der Waals surface area contributed by atoms with Crippen LogP contribution < -0.4 is 9.64 Å². The van der Waals surface area contributed by atoms with Crippen molar-refractivity contribution >= 4 is 23.4 Å². The highest BCUT2D eigenvalue weighted by Crippen LogP contribution is 2.27. The summed E-state index contributed by atoms with van der Waals surface area (Å²) >= 11 is 0. The lowest BCUT2D eigenvalue weighted by molar-refractivity contribution is -0.140. The molecule has 3 amide bonds. The van der Waals surface area contributed by atoms with Crippen LogP contribution in [0.3, 0.4) is 0 Å². The van der Waals surface area contributed by atoms with Gasteiger partial charge in [-0.3, -0.25) is 19.4 Å². The fourth-order valence-electron chi connectivity index (χ4n) is 3.62. The Labute approximate surface area is 190 Å². The summed E-state index contributed by atoms with van der Waals surface area (Å²) in [5.74, 6) is -0.805. The SMILES string of the molecule is N#Cc1ccc(N2C(=O)CC(N(Cc3cccnc3)C(=O)COc3ccccc3)C2=O)cc1. The number of imide groups is 1. The van der Waals surface area contributed by atoms with Gasteiger partial charge in [0.15, 0.2) is 6.61 Å². The largest absolute Gasteiger partial charge is 0.484 e. The summed E-state index contributed by atoms with van der Waals surface area (Å²) in [5, 5.41) is 8.99. The van der Waals surface area contributed by atoms with E-state index in [1.165, 1.54) is 17.0 Å². The van der Waals surface area contributed by atoms with Gasteiger partial charge in [0.25, 0.3) is 11.8 Å². The number of carbonyl (C=O) groups is 3. The fourth-order valence-corrected chi connectivity index (χ4v) is 3.62. The number of hydrogen-bond acceptors (Lipinski definition) is 6. The van der Waals surface area contributed by atoms with E-state index in [4.69, 9.17) is 10.00 Å². The molecule has 1 aromatic heterocycles. The van der Waals surface area contributed by atoms with Crippen LogP contribution in [0.4, 0.5) is 5.69 Å². The standard InChI is InChI=1S/C25H20N4O4/c26-14-18-8-10-20(11-9-18)29-23(30)13-22(25(29)32)28(16-19-5-4-12-27-15-19)24(31)17-33-21-6-2-1-3-7-21/h1-12,15,22H,13,16-17H2. The molecule has 164 valence electrons. The summed E-state index contributed by atoms with van der Waals surface area (Å²) < 4.78 is 5.60. The number of anilines is 1. The van der Waals surface area contributed by atoms with Crippen molar-refractivity contribution in [3.63, 3.8) is 0 Å². The van der Waals surface area contributed by atoms with Crippen LogP contribution in [0.1, 0.15) is 17.5 Å². The molecule has 8 heteroatoms. The third-order valence-corrected chi connectivity index (χ3v) is 5.26. The van der Waals surface area contributed by atoms with Gasteiger partial charge in [-0.2, -0.15) is 5.26 Å². The first-order valence-corrected chi connectivity index (χ1v) is 10.3. The first kappa shape index (κ1) is 21.7. The van der Waals surface area contributed by atoms with Gasteiger partial charge in [0, 0.05) is 18.9 Å². The molecule has 0 spiro atoms. The zero-order valence-corrected chi connectivity index (χ0v) is 17.6. The molecule has 0 saturated carbocycles. The van der Waals surface area contributed by atoms with Crippen molar-refractivity contribution in [2.75, 3.05) is 11.5 Å². The van der Waals surface area contributed by atoms with Crippen molar-refractivity contribution in [3.05, 3.63) is 90.3 Å². The second-order valence-corrected chi connectivity index (χ2v) is 7.43. The molecule has 0 N–H and O–H groups in total. The van der Waals surface area contributed by atoms with Gasteiger partial charge in [-0.05, 0) is 48.0 Å². The van der Waals surface area contributed by atoms with E-state index in [-0.39, 0.29) is 19.6 Å². The number of aromatic nitrogens is 1. The van der Waals surface area contributed by atoms with E-state index >= 15 is 0 Å². The second-order valence-electron chi connectivity index (χ2n) is 7.43. The minimum Gasteiger partial charge on any atom is -0.484 e. The van der Waals surface area contributed by atoms with Crippen molar-refractivity contribution in [2.45, 2.75) is 19.0 Å². The van der Waals surface area contributed by atoms with E-state index in [9.17, 15) is 14.4 Å². The van der Waals surface area contributed by atoms with Crippen molar-refractivity contribution in [1.29, 1.82) is 5.26 Å². The van der Waals surface area contributed by atoms with Crippen molar-refractivity contribution in [2.24, 2.45) is 0 Å². The van der Waals surface area contributed by atoms with Gasteiger partial charge in [0.2, 0.25) is 5.91 Å². The maximum atomic E-state index is 13.3. The van der Waals surface area contributed by atoms with Crippen LogP contribution in [0.25, 0.3) is 0 Å². The molecular weight excluding hydrogens is 420 g/mol. The Hall–Kier alpha value is -4.51. The number of hydrogen-bond donors (Lipinski definition) is 0. The molecular formula is C25H20N4O4.